The molecule has 1 unspecified atom stereocenters. The van der Waals surface area contributed by atoms with Crippen LogP contribution in [0.15, 0.2) is 36.9 Å². The van der Waals surface area contributed by atoms with Gasteiger partial charge in [-0.1, -0.05) is 30.3 Å². The summed E-state index contributed by atoms with van der Waals surface area (Å²) in [5, 5.41) is 0. The van der Waals surface area contributed by atoms with Crippen LogP contribution in [0.3, 0.4) is 0 Å². The van der Waals surface area contributed by atoms with Crippen LogP contribution in [0, 0.1) is 5.92 Å². The van der Waals surface area contributed by atoms with Crippen molar-refractivity contribution in [1.29, 1.82) is 0 Å². The van der Waals surface area contributed by atoms with Crippen molar-refractivity contribution in [3.8, 4) is 0 Å². The third-order valence-electron chi connectivity index (χ3n) is 3.21. The van der Waals surface area contributed by atoms with Gasteiger partial charge in [0.25, 0.3) is 0 Å². The Labute approximate surface area is 102 Å². The summed E-state index contributed by atoms with van der Waals surface area (Å²) in [4.78, 5) is 13.6. The summed E-state index contributed by atoms with van der Waals surface area (Å²) in [6, 6.07) is 8.11. The highest BCUT2D eigenvalue weighted by atomic mass is 16.2. The molecule has 1 aliphatic rings. The van der Waals surface area contributed by atoms with Gasteiger partial charge in [-0.05, 0) is 11.1 Å². The largest absolute Gasteiger partial charge is 0.338 e. The monoisotopic (exact) mass is 230 g/mol. The topological polar surface area (TPSA) is 46.3 Å². The van der Waals surface area contributed by atoms with E-state index in [2.05, 4.69) is 6.58 Å². The van der Waals surface area contributed by atoms with E-state index in [1.165, 1.54) is 0 Å². The zero-order valence-corrected chi connectivity index (χ0v) is 9.93. The molecule has 3 nitrogen and oxygen atoms in total. The van der Waals surface area contributed by atoms with E-state index < -0.39 is 0 Å². The van der Waals surface area contributed by atoms with Crippen LogP contribution in [0.25, 0.3) is 0 Å². The van der Waals surface area contributed by atoms with Gasteiger partial charge in [-0.2, -0.15) is 0 Å². The molecule has 2 rings (SSSR count). The lowest BCUT2D eigenvalue weighted by molar-refractivity contribution is -0.128. The predicted molar refractivity (Wildman–Crippen MR) is 68.1 cm³/mol. The van der Waals surface area contributed by atoms with Crippen LogP contribution in [0.1, 0.15) is 17.5 Å². The van der Waals surface area contributed by atoms with Crippen LogP contribution >= 0.6 is 0 Å². The maximum Gasteiger partial charge on any atom is 0.223 e. The second-order valence-electron chi connectivity index (χ2n) is 4.49. The van der Waals surface area contributed by atoms with E-state index in [0.29, 0.717) is 25.4 Å². The molecule has 1 atom stereocenters. The number of carbonyl (C=O) groups is 1. The second-order valence-corrected chi connectivity index (χ2v) is 4.49. The van der Waals surface area contributed by atoms with Crippen LogP contribution in [-0.2, 0) is 17.9 Å². The third kappa shape index (κ3) is 2.74. The lowest BCUT2D eigenvalue weighted by atomic mass is 10.1. The minimum atomic E-state index is 0.220. The molecule has 0 bridgehead atoms. The zero-order chi connectivity index (χ0) is 12.3. The van der Waals surface area contributed by atoms with Crippen molar-refractivity contribution < 1.29 is 4.79 Å². The number of amides is 1. The first-order valence-corrected chi connectivity index (χ1v) is 5.91. The molecule has 2 N–H and O–H groups in total. The minimum absolute atomic E-state index is 0.220. The molecule has 3 heteroatoms. The summed E-state index contributed by atoms with van der Waals surface area (Å²) in [5.74, 6) is 0.531. The Balaban J connectivity index is 2.00. The first-order chi connectivity index (χ1) is 8.22. The summed E-state index contributed by atoms with van der Waals surface area (Å²) in [6.45, 7) is 5.79. The number of nitrogens with two attached hydrogens (primary N) is 1. The summed E-state index contributed by atoms with van der Waals surface area (Å²) in [6.07, 6.45) is 2.47. The molecule has 0 aromatic heterocycles. The normalized spacial score (nSPS) is 19.7. The van der Waals surface area contributed by atoms with Crippen LogP contribution in [0.4, 0.5) is 0 Å². The molecule has 1 heterocycles. The smallest absolute Gasteiger partial charge is 0.223 e. The molecule has 0 saturated carbocycles. The number of hydrogen-bond donors (Lipinski definition) is 1. The average Bonchev–Trinajstić information content (AvgIpc) is 2.71. The van der Waals surface area contributed by atoms with Crippen molar-refractivity contribution in [2.75, 3.05) is 6.54 Å². The Bertz CT molecular complexity index is 411. The fraction of sp³-hybridized carbons (Fsp3) is 0.357. The van der Waals surface area contributed by atoms with E-state index in [0.717, 1.165) is 17.7 Å². The Hall–Kier alpha value is -1.61. The number of rotatable bonds is 4. The van der Waals surface area contributed by atoms with E-state index in [-0.39, 0.29) is 5.91 Å². The first-order valence-electron chi connectivity index (χ1n) is 5.91. The van der Waals surface area contributed by atoms with Crippen molar-refractivity contribution in [2.45, 2.75) is 19.5 Å². The molecule has 1 saturated heterocycles. The molecule has 1 fully saturated rings. The lowest BCUT2D eigenvalue weighted by Gasteiger charge is -2.16. The third-order valence-corrected chi connectivity index (χ3v) is 3.21. The molecule has 0 aliphatic carbocycles. The SMILES string of the molecule is C=CC1CC(=O)N(Cc2ccc(CN)cc2)C1. The van der Waals surface area contributed by atoms with Gasteiger partial charge >= 0.3 is 0 Å². The van der Waals surface area contributed by atoms with Gasteiger partial charge in [0.1, 0.15) is 0 Å². The minimum Gasteiger partial charge on any atom is -0.338 e. The summed E-state index contributed by atoms with van der Waals surface area (Å²) in [5.41, 5.74) is 7.82. The number of carbonyl (C=O) groups excluding carboxylic acids is 1. The molecular formula is C14H18N2O. The van der Waals surface area contributed by atoms with Crippen LogP contribution < -0.4 is 5.73 Å². The average molecular weight is 230 g/mol. The highest BCUT2D eigenvalue weighted by molar-refractivity contribution is 5.78. The molecule has 0 spiro atoms. The molecule has 0 radical (unpaired) electrons. The number of hydrogen-bond acceptors (Lipinski definition) is 2. The summed E-state index contributed by atoms with van der Waals surface area (Å²) < 4.78 is 0. The van der Waals surface area contributed by atoms with Crippen molar-refractivity contribution in [1.82, 2.24) is 4.90 Å². The van der Waals surface area contributed by atoms with E-state index in [1.54, 1.807) is 0 Å². The molecule has 1 aliphatic heterocycles. The van der Waals surface area contributed by atoms with Gasteiger partial charge in [0, 0.05) is 32.0 Å². The van der Waals surface area contributed by atoms with Crippen molar-refractivity contribution in [3.63, 3.8) is 0 Å². The standard InChI is InChI=1S/C14H18N2O/c1-2-11-7-14(17)16(9-11)10-13-5-3-12(8-15)4-6-13/h2-6,11H,1,7-10,15H2. The maximum atomic E-state index is 11.7. The fourth-order valence-electron chi connectivity index (χ4n) is 2.11. The van der Waals surface area contributed by atoms with Gasteiger partial charge in [-0.3, -0.25) is 4.79 Å². The molecule has 1 aromatic rings. The van der Waals surface area contributed by atoms with E-state index in [9.17, 15) is 4.79 Å². The van der Waals surface area contributed by atoms with Crippen molar-refractivity contribution >= 4 is 5.91 Å². The molecular weight excluding hydrogens is 212 g/mol. The fourth-order valence-corrected chi connectivity index (χ4v) is 2.11. The predicted octanol–water partition coefficient (Wildman–Crippen LogP) is 1.68. The van der Waals surface area contributed by atoms with Crippen LogP contribution in [-0.4, -0.2) is 17.4 Å². The van der Waals surface area contributed by atoms with Crippen molar-refractivity contribution in [2.24, 2.45) is 11.7 Å². The summed E-state index contributed by atoms with van der Waals surface area (Å²) in [7, 11) is 0. The summed E-state index contributed by atoms with van der Waals surface area (Å²) >= 11 is 0. The Morgan fingerprint density at radius 2 is 2.00 bits per heavy atom. The van der Waals surface area contributed by atoms with Gasteiger partial charge in [-0.15, -0.1) is 6.58 Å². The van der Waals surface area contributed by atoms with Gasteiger partial charge in [-0.25, -0.2) is 0 Å². The number of benzene rings is 1. The molecule has 1 aromatic carbocycles. The quantitative estimate of drug-likeness (QED) is 0.800. The first kappa shape index (κ1) is 11.9. The highest BCUT2D eigenvalue weighted by Crippen LogP contribution is 2.20. The maximum absolute atomic E-state index is 11.7. The van der Waals surface area contributed by atoms with Crippen LogP contribution in [0.5, 0.6) is 0 Å². The van der Waals surface area contributed by atoms with Crippen molar-refractivity contribution in [3.05, 3.63) is 48.0 Å². The van der Waals surface area contributed by atoms with Gasteiger partial charge in [0.05, 0.1) is 0 Å². The Kier molecular flexibility index (Phi) is 3.59. The van der Waals surface area contributed by atoms with E-state index in [4.69, 9.17) is 5.73 Å². The second kappa shape index (κ2) is 5.15. The van der Waals surface area contributed by atoms with Crippen LogP contribution in [0.2, 0.25) is 0 Å². The highest BCUT2D eigenvalue weighted by Gasteiger charge is 2.27. The van der Waals surface area contributed by atoms with E-state index in [1.807, 2.05) is 35.2 Å². The molecule has 17 heavy (non-hydrogen) atoms. The number of nitrogens with zero attached hydrogens (tertiary/aromatic N) is 1. The van der Waals surface area contributed by atoms with Gasteiger partial charge < -0.3 is 10.6 Å². The van der Waals surface area contributed by atoms with Gasteiger partial charge in [0.2, 0.25) is 5.91 Å². The van der Waals surface area contributed by atoms with E-state index >= 15 is 0 Å². The molecule has 90 valence electrons. The Morgan fingerprint density at radius 3 is 2.53 bits per heavy atom. The zero-order valence-electron chi connectivity index (χ0n) is 9.93. The molecule has 1 amide bonds. The number of likely N-dealkylation sites (tertiary alicyclic amines) is 1. The van der Waals surface area contributed by atoms with Gasteiger partial charge in [0.15, 0.2) is 0 Å². The lowest BCUT2D eigenvalue weighted by Crippen LogP contribution is -2.24. The Morgan fingerprint density at radius 1 is 1.35 bits per heavy atom.